The highest BCUT2D eigenvalue weighted by molar-refractivity contribution is 6.43. The third kappa shape index (κ3) is 3.09. The molecule has 6 rings (SSSR count). The summed E-state index contributed by atoms with van der Waals surface area (Å²) in [5.74, 6) is 0.707. The summed E-state index contributed by atoms with van der Waals surface area (Å²) in [6, 6.07) is 14.2. The molecule has 4 aromatic rings. The Hall–Kier alpha value is -2.67. The molecule has 8 heteroatoms. The van der Waals surface area contributed by atoms with Gasteiger partial charge in [0.05, 0.1) is 21.1 Å². The molecule has 1 atom stereocenters. The molecule has 1 saturated heterocycles. The van der Waals surface area contributed by atoms with E-state index in [1.165, 1.54) is 11.1 Å². The van der Waals surface area contributed by atoms with Crippen LogP contribution in [0.25, 0.3) is 16.7 Å². The van der Waals surface area contributed by atoms with Gasteiger partial charge in [-0.3, -0.25) is 0 Å². The van der Waals surface area contributed by atoms with Crippen molar-refractivity contribution in [1.29, 1.82) is 0 Å². The van der Waals surface area contributed by atoms with Crippen LogP contribution in [0, 0.1) is 5.41 Å². The van der Waals surface area contributed by atoms with E-state index in [9.17, 15) is 0 Å². The largest absolute Gasteiger partial charge is 0.341 e. The van der Waals surface area contributed by atoms with Gasteiger partial charge in [0.15, 0.2) is 5.65 Å². The van der Waals surface area contributed by atoms with E-state index in [0.717, 1.165) is 37.7 Å². The molecule has 32 heavy (non-hydrogen) atoms. The molecule has 1 aliphatic carbocycles. The molecule has 3 heterocycles. The van der Waals surface area contributed by atoms with Crippen LogP contribution in [0.15, 0.2) is 54.9 Å². The summed E-state index contributed by atoms with van der Waals surface area (Å²) in [4.78, 5) is 11.6. The van der Waals surface area contributed by atoms with Gasteiger partial charge < -0.3 is 10.6 Å². The number of anilines is 1. The topological polar surface area (TPSA) is 72.9 Å². The molecule has 0 bridgehead atoms. The van der Waals surface area contributed by atoms with E-state index in [-0.39, 0.29) is 11.5 Å². The lowest BCUT2D eigenvalue weighted by Crippen LogP contribution is -2.44. The third-order valence-corrected chi connectivity index (χ3v) is 7.87. The maximum Gasteiger partial charge on any atom is 0.227 e. The van der Waals surface area contributed by atoms with Crippen LogP contribution in [0.4, 0.5) is 5.95 Å². The Bertz CT molecular complexity index is 1330. The summed E-state index contributed by atoms with van der Waals surface area (Å²) in [6.07, 6.45) is 6.80. The van der Waals surface area contributed by atoms with Gasteiger partial charge in [-0.15, -0.1) is 5.10 Å². The van der Waals surface area contributed by atoms with Crippen molar-refractivity contribution in [3.8, 4) is 5.69 Å². The molecule has 1 fully saturated rings. The van der Waals surface area contributed by atoms with Crippen molar-refractivity contribution in [2.24, 2.45) is 11.1 Å². The molecule has 1 aliphatic heterocycles. The Kier molecular flexibility index (Phi) is 4.64. The summed E-state index contributed by atoms with van der Waals surface area (Å²) in [6.45, 7) is 1.77. The molecular formula is C24H22Cl2N6. The first-order chi connectivity index (χ1) is 15.5. The first kappa shape index (κ1) is 20.0. The van der Waals surface area contributed by atoms with Crippen LogP contribution in [0.2, 0.25) is 10.0 Å². The van der Waals surface area contributed by atoms with Crippen molar-refractivity contribution in [1.82, 2.24) is 19.7 Å². The van der Waals surface area contributed by atoms with Crippen molar-refractivity contribution in [3.63, 3.8) is 0 Å². The summed E-state index contributed by atoms with van der Waals surface area (Å²) < 4.78 is 1.71. The second-order valence-corrected chi connectivity index (χ2v) is 9.58. The highest BCUT2D eigenvalue weighted by atomic mass is 35.5. The zero-order valence-electron chi connectivity index (χ0n) is 17.4. The third-order valence-electron chi connectivity index (χ3n) is 7.06. The lowest BCUT2D eigenvalue weighted by Gasteiger charge is -2.42. The molecule has 2 aromatic heterocycles. The number of nitrogens with zero attached hydrogens (tertiary/aromatic N) is 5. The van der Waals surface area contributed by atoms with Gasteiger partial charge in [0.25, 0.3) is 0 Å². The van der Waals surface area contributed by atoms with Crippen molar-refractivity contribution in [3.05, 3.63) is 76.0 Å². The number of aromatic nitrogens is 4. The van der Waals surface area contributed by atoms with Crippen molar-refractivity contribution >= 4 is 40.2 Å². The quantitative estimate of drug-likeness (QED) is 0.453. The molecule has 0 unspecified atom stereocenters. The van der Waals surface area contributed by atoms with E-state index in [0.29, 0.717) is 27.3 Å². The zero-order chi connectivity index (χ0) is 21.9. The van der Waals surface area contributed by atoms with Crippen molar-refractivity contribution in [2.75, 3.05) is 18.0 Å². The van der Waals surface area contributed by atoms with Gasteiger partial charge in [-0.2, -0.15) is 4.98 Å². The van der Waals surface area contributed by atoms with Gasteiger partial charge in [-0.05, 0) is 47.9 Å². The Labute approximate surface area is 196 Å². The molecule has 0 amide bonds. The minimum Gasteiger partial charge on any atom is -0.341 e. The zero-order valence-corrected chi connectivity index (χ0v) is 18.9. The minimum atomic E-state index is 0.0994. The molecule has 6 nitrogen and oxygen atoms in total. The summed E-state index contributed by atoms with van der Waals surface area (Å²) in [7, 11) is 0. The van der Waals surface area contributed by atoms with E-state index in [1.807, 2.05) is 24.5 Å². The van der Waals surface area contributed by atoms with Crippen LogP contribution >= 0.6 is 23.2 Å². The first-order valence-corrected chi connectivity index (χ1v) is 11.5. The van der Waals surface area contributed by atoms with Crippen LogP contribution in [-0.2, 0) is 6.42 Å². The van der Waals surface area contributed by atoms with Crippen molar-refractivity contribution < 1.29 is 0 Å². The average Bonchev–Trinajstić information content (AvgIpc) is 3.35. The van der Waals surface area contributed by atoms with Crippen LogP contribution in [-0.4, -0.2) is 32.8 Å². The number of nitrogens with two attached hydrogens (primary N) is 1. The summed E-state index contributed by atoms with van der Waals surface area (Å²) in [5.41, 5.74) is 10.9. The molecule has 2 N–H and O–H groups in total. The normalized spacial score (nSPS) is 19.6. The lowest BCUT2D eigenvalue weighted by atomic mass is 9.73. The van der Waals surface area contributed by atoms with E-state index in [4.69, 9.17) is 33.9 Å². The number of piperidine rings is 1. The van der Waals surface area contributed by atoms with Crippen LogP contribution < -0.4 is 10.6 Å². The molecule has 162 valence electrons. The highest BCUT2D eigenvalue weighted by Gasteiger charge is 2.46. The minimum absolute atomic E-state index is 0.0994. The maximum absolute atomic E-state index is 6.71. The van der Waals surface area contributed by atoms with E-state index in [2.05, 4.69) is 39.2 Å². The first-order valence-electron chi connectivity index (χ1n) is 10.8. The van der Waals surface area contributed by atoms with Gasteiger partial charge in [0, 0.05) is 31.5 Å². The smallest absolute Gasteiger partial charge is 0.227 e. The summed E-state index contributed by atoms with van der Waals surface area (Å²) in [5, 5.41) is 6.43. The predicted octanol–water partition coefficient (Wildman–Crippen LogP) is 4.97. The number of benzene rings is 2. The average molecular weight is 465 g/mol. The Morgan fingerprint density at radius 3 is 2.66 bits per heavy atom. The van der Waals surface area contributed by atoms with Crippen LogP contribution in [0.3, 0.4) is 0 Å². The van der Waals surface area contributed by atoms with Gasteiger partial charge in [0.2, 0.25) is 5.95 Å². The van der Waals surface area contributed by atoms with Gasteiger partial charge in [0.1, 0.15) is 0 Å². The number of rotatable bonds is 2. The number of hydrogen-bond acceptors (Lipinski definition) is 5. The molecule has 1 spiro atoms. The number of halogens is 2. The Morgan fingerprint density at radius 2 is 1.84 bits per heavy atom. The van der Waals surface area contributed by atoms with Crippen LogP contribution in [0.1, 0.15) is 30.0 Å². The second kappa shape index (κ2) is 7.44. The Balaban J connectivity index is 1.24. The molecule has 0 saturated carbocycles. The van der Waals surface area contributed by atoms with E-state index < -0.39 is 0 Å². The van der Waals surface area contributed by atoms with Crippen LogP contribution in [0.5, 0.6) is 0 Å². The predicted molar refractivity (Wildman–Crippen MR) is 128 cm³/mol. The maximum atomic E-state index is 6.71. The fourth-order valence-electron chi connectivity index (χ4n) is 5.21. The monoisotopic (exact) mass is 464 g/mol. The SMILES string of the molecule is N[C@@H]1c2ccccc2CC12CCN(c1ncc3cn(-c4cccc(Cl)c4Cl)nc3n1)CC2. The van der Waals surface area contributed by atoms with E-state index >= 15 is 0 Å². The summed E-state index contributed by atoms with van der Waals surface area (Å²) >= 11 is 12.5. The number of hydrogen-bond donors (Lipinski definition) is 1. The van der Waals surface area contributed by atoms with E-state index in [1.54, 1.807) is 10.7 Å². The number of fused-ring (bicyclic) bond motifs is 2. The lowest BCUT2D eigenvalue weighted by molar-refractivity contribution is 0.187. The van der Waals surface area contributed by atoms with Gasteiger partial charge >= 0.3 is 0 Å². The Morgan fingerprint density at radius 1 is 1.03 bits per heavy atom. The molecular weight excluding hydrogens is 443 g/mol. The fourth-order valence-corrected chi connectivity index (χ4v) is 5.59. The molecule has 0 radical (unpaired) electrons. The second-order valence-electron chi connectivity index (χ2n) is 8.80. The van der Waals surface area contributed by atoms with Crippen molar-refractivity contribution in [2.45, 2.75) is 25.3 Å². The fraction of sp³-hybridized carbons (Fsp3) is 0.292. The standard InChI is InChI=1S/C24H22Cl2N6/c25-18-6-3-7-19(20(18)26)32-14-16-13-28-23(29-22(16)30-32)31-10-8-24(9-11-31)12-15-4-1-2-5-17(15)21(24)27/h1-7,13-14,21H,8-12,27H2/t21-/m1/s1. The highest BCUT2D eigenvalue weighted by Crippen LogP contribution is 2.50. The molecule has 2 aromatic carbocycles. The van der Waals surface area contributed by atoms with Gasteiger partial charge in [-0.25, -0.2) is 9.67 Å². The van der Waals surface area contributed by atoms with Gasteiger partial charge in [-0.1, -0.05) is 53.5 Å². The molecule has 2 aliphatic rings.